The molecule has 0 saturated heterocycles. The minimum Gasteiger partial charge on any atom is -0.480 e. The van der Waals surface area contributed by atoms with Crippen LogP contribution in [-0.4, -0.2) is 62.0 Å². The van der Waals surface area contributed by atoms with Crippen molar-refractivity contribution in [3.05, 3.63) is 152 Å². The molecular weight excluding hydrogens is 801 g/mol. The van der Waals surface area contributed by atoms with Crippen molar-refractivity contribution >= 4 is 57.5 Å². The highest BCUT2D eigenvalue weighted by molar-refractivity contribution is 6.10. The highest BCUT2D eigenvalue weighted by atomic mass is 16.5. The fraction of sp³-hybridized carbons (Fsp3) is 0.255. The number of fused-ring (bicyclic) bond motifs is 2. The summed E-state index contributed by atoms with van der Waals surface area (Å²) in [6.45, 7) is 13.3. The van der Waals surface area contributed by atoms with E-state index in [1.165, 1.54) is 61.8 Å². The molecule has 2 aromatic heterocycles. The monoisotopic (exact) mass is 860 g/mol. The number of hydrogen-bond acceptors (Lipinski definition) is 9. The molecule has 0 bridgehead atoms. The summed E-state index contributed by atoms with van der Waals surface area (Å²) in [5, 5.41) is 20.2. The fourth-order valence-corrected chi connectivity index (χ4v) is 6.36. The van der Waals surface area contributed by atoms with E-state index in [0.29, 0.717) is 22.6 Å². The molecular formula is C51H56N2O10. The number of carboxylic acids is 2. The molecule has 12 heteroatoms. The third-order valence-corrected chi connectivity index (χ3v) is 9.73. The van der Waals surface area contributed by atoms with Crippen molar-refractivity contribution in [1.82, 2.24) is 9.97 Å². The van der Waals surface area contributed by atoms with Crippen molar-refractivity contribution in [1.29, 1.82) is 0 Å². The van der Waals surface area contributed by atoms with Crippen molar-refractivity contribution in [2.24, 2.45) is 0 Å². The number of hydrogen-bond donors (Lipinski definition) is 3. The molecule has 0 atom stereocenters. The number of nitrogens with one attached hydrogen (secondary N) is 1. The molecule has 0 unspecified atom stereocenters. The van der Waals surface area contributed by atoms with Gasteiger partial charge in [0, 0.05) is 13.6 Å². The molecule has 0 radical (unpaired) electrons. The lowest BCUT2D eigenvalue weighted by molar-refractivity contribution is -0.152. The Labute approximate surface area is 370 Å². The number of carbonyl (C=O) groups excluding carboxylic acids is 2. The lowest BCUT2D eigenvalue weighted by Gasteiger charge is -2.24. The van der Waals surface area contributed by atoms with Crippen molar-refractivity contribution in [2.75, 3.05) is 7.11 Å². The topological polar surface area (TPSA) is 182 Å². The van der Waals surface area contributed by atoms with Gasteiger partial charge in [0.15, 0.2) is 22.8 Å². The van der Waals surface area contributed by atoms with Crippen LogP contribution in [0.25, 0.3) is 34.0 Å². The number of carboxylic acid groups (broad SMARTS) is 2. The number of carbonyl (C=O) groups is 4. The number of nitrogens with zero attached hydrogens (tertiary/aromatic N) is 1. The van der Waals surface area contributed by atoms with Gasteiger partial charge in [0.25, 0.3) is 5.56 Å². The number of rotatable bonds is 13. The van der Waals surface area contributed by atoms with Gasteiger partial charge in [-0.25, -0.2) is 14.6 Å². The van der Waals surface area contributed by atoms with Gasteiger partial charge < -0.3 is 29.4 Å². The molecule has 0 aliphatic rings. The second kappa shape index (κ2) is 20.5. The molecule has 0 saturated carbocycles. The molecule has 3 N–H and O–H groups in total. The Morgan fingerprint density at radius 2 is 1.06 bits per heavy atom. The molecule has 12 nitrogen and oxygen atoms in total. The van der Waals surface area contributed by atoms with E-state index in [4.69, 9.17) is 17.0 Å². The molecule has 0 aliphatic heterocycles. The summed E-state index contributed by atoms with van der Waals surface area (Å²) in [5.41, 5.74) is 3.36. The normalized spacial score (nSPS) is 11.5. The van der Waals surface area contributed by atoms with Crippen LogP contribution in [0.15, 0.2) is 102 Å². The number of aromatic nitrogens is 2. The average Bonchev–Trinajstić information content (AvgIpc) is 3.28. The number of aliphatic carboxylic acids is 2. The first-order valence-corrected chi connectivity index (χ1v) is 19.3. The zero-order chi connectivity index (χ0) is 48.8. The molecule has 0 fully saturated rings. The van der Waals surface area contributed by atoms with Crippen molar-refractivity contribution in [2.45, 2.75) is 81.4 Å². The number of aryl methyl sites for hydroxylation is 4. The number of methoxy groups -OCH3 is 1. The summed E-state index contributed by atoms with van der Waals surface area (Å²) in [6.07, 6.45) is 6.17. The predicted molar refractivity (Wildman–Crippen MR) is 250 cm³/mol. The molecule has 6 rings (SSSR count). The minimum atomic E-state index is -1.36. The van der Waals surface area contributed by atoms with E-state index in [1.807, 2.05) is 82.3 Å². The number of para-hydroxylation sites is 2. The number of H-pyrrole nitrogens is 1. The Kier molecular flexibility index (Phi) is 15.2. The van der Waals surface area contributed by atoms with Gasteiger partial charge in [-0.3, -0.25) is 14.4 Å². The lowest BCUT2D eigenvalue weighted by atomic mass is 10.0. The third kappa shape index (κ3) is 11.9. The van der Waals surface area contributed by atoms with Gasteiger partial charge in [-0.15, -0.1) is 0 Å². The summed E-state index contributed by atoms with van der Waals surface area (Å²) < 4.78 is 28.2. The molecule has 330 valence electrons. The Hall–Kier alpha value is -7.34. The maximum atomic E-state index is 12.8. The number of allylic oxidation sites excluding steroid dienone is 2. The van der Waals surface area contributed by atoms with Crippen LogP contribution in [0.5, 0.6) is 17.4 Å². The Balaban J connectivity index is 0.000000321. The zero-order valence-corrected chi connectivity index (χ0v) is 37.5. The van der Waals surface area contributed by atoms with Gasteiger partial charge in [-0.2, -0.15) is 0 Å². The number of benzene rings is 4. The van der Waals surface area contributed by atoms with Gasteiger partial charge in [0.1, 0.15) is 11.5 Å². The summed E-state index contributed by atoms with van der Waals surface area (Å²) in [4.78, 5) is 67.5. The summed E-state index contributed by atoms with van der Waals surface area (Å²) >= 11 is 0. The largest absolute Gasteiger partial charge is 0.480 e. The molecule has 4 aromatic carbocycles. The molecule has 0 aliphatic carbocycles. The highest BCUT2D eigenvalue weighted by Gasteiger charge is 2.31. The number of aromatic amines is 1. The highest BCUT2D eigenvalue weighted by Crippen LogP contribution is 2.31. The van der Waals surface area contributed by atoms with Crippen LogP contribution in [-0.2, 0) is 9.59 Å². The van der Waals surface area contributed by atoms with E-state index >= 15 is 0 Å². The van der Waals surface area contributed by atoms with E-state index in [1.54, 1.807) is 42.5 Å². The first kappa shape index (κ1) is 46.7. The van der Waals surface area contributed by atoms with Crippen molar-refractivity contribution in [3.8, 4) is 17.4 Å². The van der Waals surface area contributed by atoms with Gasteiger partial charge in [-0.05, 0) is 155 Å². The van der Waals surface area contributed by atoms with Gasteiger partial charge in [0.2, 0.25) is 5.88 Å². The molecule has 63 heavy (non-hydrogen) atoms. The molecule has 0 amide bonds. The summed E-state index contributed by atoms with van der Waals surface area (Å²) in [7, 11) is 3.99. The maximum Gasteiger partial charge on any atom is 0.347 e. The van der Waals surface area contributed by atoms with E-state index in [9.17, 15) is 34.2 Å². The first-order valence-electron chi connectivity index (χ1n) is 21.3. The lowest BCUT2D eigenvalue weighted by Crippen LogP contribution is -2.38. The maximum absolute atomic E-state index is 12.8. The van der Waals surface area contributed by atoms with Gasteiger partial charge in [0.05, 0.1) is 23.8 Å². The Morgan fingerprint density at radius 1 is 0.651 bits per heavy atom. The zero-order valence-electron chi connectivity index (χ0n) is 39.5. The van der Waals surface area contributed by atoms with Crippen molar-refractivity contribution in [3.63, 3.8) is 0 Å². The number of pyridine rings is 2. The van der Waals surface area contributed by atoms with Crippen LogP contribution in [0.2, 0.25) is 0 Å². The van der Waals surface area contributed by atoms with Crippen LogP contribution in [0.4, 0.5) is 0 Å². The number of ketones is 2. The second-order valence-corrected chi connectivity index (χ2v) is 15.5. The molecule has 6 aromatic rings. The van der Waals surface area contributed by atoms with E-state index in [2.05, 4.69) is 9.97 Å². The van der Waals surface area contributed by atoms with E-state index < -0.39 is 34.5 Å². The first-order chi connectivity index (χ1) is 30.7. The SMILES string of the molecule is COc1nc2ccccc2cc1C(=O)/C=C/c1cc(C)c(OC(C)(C)C(=O)O)c(C)c1.Cc1cc(/C=C/C(=O)c2cc3ccccc3[nH]c2=O)cc(C)c1OC(C)(C)C(=O)O.[3H]C.[3H]C. The van der Waals surface area contributed by atoms with Crippen LogP contribution in [0, 0.1) is 27.7 Å². The second-order valence-electron chi connectivity index (χ2n) is 15.5. The van der Waals surface area contributed by atoms with Crippen LogP contribution < -0.4 is 19.8 Å². The smallest absolute Gasteiger partial charge is 0.347 e. The Morgan fingerprint density at radius 3 is 1.52 bits per heavy atom. The average molecular weight is 861 g/mol. The van der Waals surface area contributed by atoms with E-state index in [-0.39, 0.29) is 17.2 Å². The molecule has 2 heterocycles. The van der Waals surface area contributed by atoms with Crippen molar-refractivity contribution < 1.29 is 46.3 Å². The fourth-order valence-electron chi connectivity index (χ4n) is 6.36. The number of ether oxygens (including phenoxy) is 3. The predicted octanol–water partition coefficient (Wildman–Crippen LogP) is 10.6. The quantitative estimate of drug-likeness (QED) is 0.0742. The Bertz CT molecular complexity index is 2780. The van der Waals surface area contributed by atoms with Gasteiger partial charge >= 0.3 is 11.9 Å². The molecule has 0 spiro atoms. The summed E-state index contributed by atoms with van der Waals surface area (Å²) in [6, 6.07) is 25.4. The van der Waals surface area contributed by atoms with E-state index in [0.717, 1.165) is 49.7 Å². The van der Waals surface area contributed by atoms with Crippen LogP contribution in [0.1, 0.15) is 99.3 Å². The van der Waals surface area contributed by atoms with Crippen LogP contribution >= 0.6 is 0 Å². The summed E-state index contributed by atoms with van der Waals surface area (Å²) in [5.74, 6) is -1.42. The minimum absolute atomic E-state index is 0.0709. The van der Waals surface area contributed by atoms with Gasteiger partial charge in [-0.1, -0.05) is 63.4 Å². The standard InChI is InChI=1S/C25H25NO5.C24H23NO5.2CH4/c1-15-12-17(13-16(2)22(15)31-25(3,4)24(28)29)10-11-21(27)19-14-18-8-6-7-9-20(18)26-23(19)30-5;1-14-11-16(12-15(2)21(14)30-24(3,4)23(28)29)9-10-20(26)18-13-17-7-5-6-8-19(17)25-22(18)27;;/h6-14H,1-5H3,(H,28,29);5-13H,1-4H3,(H,25,27)(H,28,29);2*1H4/b11-10+;10-9+;;/i;;2*1T. The third-order valence-electron chi connectivity index (χ3n) is 9.73. The van der Waals surface area contributed by atoms with Crippen LogP contribution in [0.3, 0.4) is 0 Å².